The lowest BCUT2D eigenvalue weighted by molar-refractivity contribution is -0.121. The summed E-state index contributed by atoms with van der Waals surface area (Å²) in [6.45, 7) is 1.90. The summed E-state index contributed by atoms with van der Waals surface area (Å²) >= 11 is 1.57. The highest BCUT2D eigenvalue weighted by Gasteiger charge is 2.16. The zero-order chi connectivity index (χ0) is 14.5. The Morgan fingerprint density at radius 1 is 1.55 bits per heavy atom. The lowest BCUT2D eigenvalue weighted by Crippen LogP contribution is -2.45. The highest BCUT2D eigenvalue weighted by Crippen LogP contribution is 2.21. The maximum Gasteiger partial charge on any atom is 0.227 e. The monoisotopic (exact) mass is 342 g/mol. The van der Waals surface area contributed by atoms with Gasteiger partial charge in [-0.2, -0.15) is 4.98 Å². The van der Waals surface area contributed by atoms with E-state index >= 15 is 0 Å². The summed E-state index contributed by atoms with van der Waals surface area (Å²) in [5.74, 6) is 1.15. The average molecular weight is 343 g/mol. The number of aromatic nitrogens is 2. The number of aryl methyl sites for hydroxylation is 1. The lowest BCUT2D eigenvalue weighted by Gasteiger charge is -2.23. The van der Waals surface area contributed by atoms with Gasteiger partial charge in [-0.1, -0.05) is 11.2 Å². The second-order valence-electron chi connectivity index (χ2n) is 5.10. The molecule has 1 amide bonds. The minimum atomic E-state index is 0. The molecule has 1 fully saturated rings. The van der Waals surface area contributed by atoms with E-state index < -0.39 is 0 Å². The predicted octanol–water partition coefficient (Wildman–Crippen LogP) is 2.02. The molecule has 0 spiro atoms. The second kappa shape index (κ2) is 8.26. The van der Waals surface area contributed by atoms with Crippen LogP contribution < -0.4 is 10.6 Å². The number of carbonyl (C=O) groups is 1. The number of hydrogen-bond donors (Lipinski definition) is 2. The van der Waals surface area contributed by atoms with Gasteiger partial charge in [0.25, 0.3) is 0 Å². The quantitative estimate of drug-likeness (QED) is 0.869. The molecule has 2 aromatic heterocycles. The Bertz CT molecular complexity index is 581. The van der Waals surface area contributed by atoms with Crippen LogP contribution in [0.25, 0.3) is 10.7 Å². The molecule has 0 bridgehead atoms. The summed E-state index contributed by atoms with van der Waals surface area (Å²) in [5, 5.41) is 12.2. The summed E-state index contributed by atoms with van der Waals surface area (Å²) in [4.78, 5) is 17.2. The molecule has 1 aliphatic rings. The van der Waals surface area contributed by atoms with Crippen LogP contribution in [0.2, 0.25) is 0 Å². The van der Waals surface area contributed by atoms with Gasteiger partial charge in [0.1, 0.15) is 0 Å². The molecule has 8 heteroatoms. The van der Waals surface area contributed by atoms with Crippen LogP contribution >= 0.6 is 23.7 Å². The van der Waals surface area contributed by atoms with Gasteiger partial charge < -0.3 is 15.2 Å². The molecular formula is C14H19ClN4O2S. The van der Waals surface area contributed by atoms with Gasteiger partial charge in [-0.3, -0.25) is 4.79 Å². The molecule has 0 radical (unpaired) electrons. The number of nitrogens with one attached hydrogen (secondary N) is 2. The number of halogens is 1. The summed E-state index contributed by atoms with van der Waals surface area (Å²) in [5.41, 5.74) is 0. The van der Waals surface area contributed by atoms with Crippen molar-refractivity contribution in [2.24, 2.45) is 0 Å². The van der Waals surface area contributed by atoms with Crippen molar-refractivity contribution < 1.29 is 9.32 Å². The fourth-order valence-electron chi connectivity index (χ4n) is 2.36. The van der Waals surface area contributed by atoms with Crippen LogP contribution in [0, 0.1) is 0 Å². The van der Waals surface area contributed by atoms with E-state index in [9.17, 15) is 4.79 Å². The van der Waals surface area contributed by atoms with E-state index in [1.807, 2.05) is 17.5 Å². The minimum absolute atomic E-state index is 0. The van der Waals surface area contributed by atoms with Crippen LogP contribution in [0.4, 0.5) is 0 Å². The standard InChI is InChI=1S/C14H18N4O2S.ClH/c19-12(16-10-3-1-7-15-9-10)5-6-13-17-14(18-20-13)11-4-2-8-21-11;/h2,4,8,10,15H,1,3,5-7,9H2,(H,16,19);1H/t10-;/m0./s1. The molecule has 2 N–H and O–H groups in total. The van der Waals surface area contributed by atoms with Gasteiger partial charge in [-0.05, 0) is 30.8 Å². The number of nitrogens with zero attached hydrogens (tertiary/aromatic N) is 2. The molecule has 0 unspecified atom stereocenters. The number of amides is 1. The summed E-state index contributed by atoms with van der Waals surface area (Å²) in [6, 6.07) is 4.14. The van der Waals surface area contributed by atoms with E-state index in [-0.39, 0.29) is 24.4 Å². The molecule has 0 aromatic carbocycles. The topological polar surface area (TPSA) is 80.0 Å². The third-order valence-electron chi connectivity index (χ3n) is 3.44. The molecule has 0 saturated carbocycles. The molecule has 0 aliphatic carbocycles. The van der Waals surface area contributed by atoms with Crippen molar-refractivity contribution in [3.05, 3.63) is 23.4 Å². The molecule has 3 rings (SSSR count). The number of hydrogen-bond acceptors (Lipinski definition) is 6. The Balaban J connectivity index is 0.00000176. The third kappa shape index (κ3) is 4.53. The van der Waals surface area contributed by atoms with Gasteiger partial charge >= 0.3 is 0 Å². The SMILES string of the molecule is Cl.O=C(CCc1nc(-c2cccs2)no1)N[C@H]1CCCNC1. The van der Waals surface area contributed by atoms with Crippen LogP contribution in [0.1, 0.15) is 25.2 Å². The van der Waals surface area contributed by atoms with Gasteiger partial charge in [0.05, 0.1) is 4.88 Å². The first-order chi connectivity index (χ1) is 10.3. The van der Waals surface area contributed by atoms with Crippen LogP contribution in [0.3, 0.4) is 0 Å². The van der Waals surface area contributed by atoms with Gasteiger partial charge in [-0.25, -0.2) is 0 Å². The Kier molecular flexibility index (Phi) is 6.35. The minimum Gasteiger partial charge on any atom is -0.352 e. The van der Waals surface area contributed by atoms with Crippen molar-refractivity contribution >= 4 is 29.7 Å². The first-order valence-electron chi connectivity index (χ1n) is 7.18. The van der Waals surface area contributed by atoms with Crippen LogP contribution in [-0.2, 0) is 11.2 Å². The zero-order valence-electron chi connectivity index (χ0n) is 12.1. The van der Waals surface area contributed by atoms with Crippen molar-refractivity contribution in [2.45, 2.75) is 31.7 Å². The van der Waals surface area contributed by atoms with Gasteiger partial charge in [0.2, 0.25) is 17.6 Å². The van der Waals surface area contributed by atoms with E-state index in [0.29, 0.717) is 24.6 Å². The molecule has 1 atom stereocenters. The Morgan fingerprint density at radius 2 is 2.45 bits per heavy atom. The lowest BCUT2D eigenvalue weighted by atomic mass is 10.1. The molecule has 2 aromatic rings. The fraction of sp³-hybridized carbons (Fsp3) is 0.500. The number of thiophene rings is 1. The van der Waals surface area contributed by atoms with Gasteiger partial charge in [0, 0.05) is 25.4 Å². The highest BCUT2D eigenvalue weighted by atomic mass is 35.5. The number of rotatable bonds is 5. The highest BCUT2D eigenvalue weighted by molar-refractivity contribution is 7.13. The predicted molar refractivity (Wildman–Crippen MR) is 87.2 cm³/mol. The normalized spacial score (nSPS) is 17.7. The Labute approximate surface area is 139 Å². The van der Waals surface area contributed by atoms with E-state index in [1.54, 1.807) is 11.3 Å². The van der Waals surface area contributed by atoms with Crippen molar-refractivity contribution in [1.29, 1.82) is 0 Å². The molecule has 1 saturated heterocycles. The molecule has 6 nitrogen and oxygen atoms in total. The zero-order valence-corrected chi connectivity index (χ0v) is 13.7. The average Bonchev–Trinajstić information content (AvgIpc) is 3.17. The summed E-state index contributed by atoms with van der Waals surface area (Å²) in [7, 11) is 0. The first kappa shape index (κ1) is 16.9. The third-order valence-corrected chi connectivity index (χ3v) is 4.30. The fourth-order valence-corrected chi connectivity index (χ4v) is 3.01. The van der Waals surface area contributed by atoms with Crippen molar-refractivity contribution in [2.75, 3.05) is 13.1 Å². The van der Waals surface area contributed by atoms with Crippen LogP contribution in [-0.4, -0.2) is 35.2 Å². The van der Waals surface area contributed by atoms with Crippen LogP contribution in [0.5, 0.6) is 0 Å². The van der Waals surface area contributed by atoms with Gasteiger partial charge in [-0.15, -0.1) is 23.7 Å². The summed E-state index contributed by atoms with van der Waals surface area (Å²) in [6.07, 6.45) is 3.01. The van der Waals surface area contributed by atoms with Gasteiger partial charge in [0.15, 0.2) is 0 Å². The van der Waals surface area contributed by atoms with E-state index in [2.05, 4.69) is 20.8 Å². The smallest absolute Gasteiger partial charge is 0.227 e. The largest absolute Gasteiger partial charge is 0.352 e. The molecule has 1 aliphatic heterocycles. The Morgan fingerprint density at radius 3 is 3.18 bits per heavy atom. The van der Waals surface area contributed by atoms with E-state index in [0.717, 1.165) is 30.8 Å². The van der Waals surface area contributed by atoms with Crippen LogP contribution in [0.15, 0.2) is 22.0 Å². The first-order valence-corrected chi connectivity index (χ1v) is 8.06. The number of carbonyl (C=O) groups excluding carboxylic acids is 1. The Hall–Kier alpha value is -1.44. The molecular weight excluding hydrogens is 324 g/mol. The van der Waals surface area contributed by atoms with Crippen molar-refractivity contribution in [3.63, 3.8) is 0 Å². The maximum atomic E-state index is 11.9. The van der Waals surface area contributed by atoms with E-state index in [1.165, 1.54) is 0 Å². The van der Waals surface area contributed by atoms with Crippen molar-refractivity contribution in [1.82, 2.24) is 20.8 Å². The number of piperidine rings is 1. The maximum absolute atomic E-state index is 11.9. The van der Waals surface area contributed by atoms with Crippen molar-refractivity contribution in [3.8, 4) is 10.7 Å². The molecule has 22 heavy (non-hydrogen) atoms. The molecule has 3 heterocycles. The molecule has 120 valence electrons. The summed E-state index contributed by atoms with van der Waals surface area (Å²) < 4.78 is 5.18. The van der Waals surface area contributed by atoms with E-state index in [4.69, 9.17) is 4.52 Å². The second-order valence-corrected chi connectivity index (χ2v) is 6.05.